The Bertz CT molecular complexity index is 922. The lowest BCUT2D eigenvalue weighted by atomic mass is 10.1. The van der Waals surface area contributed by atoms with Gasteiger partial charge in [0.2, 0.25) is 21.8 Å². The molecule has 4 N–H and O–H groups in total. The Labute approximate surface area is 181 Å². The molecule has 32 heavy (non-hydrogen) atoms. The number of nitrogens with one attached hydrogen (secondary N) is 1. The Morgan fingerprint density at radius 2 is 2.03 bits per heavy atom. The molecule has 1 aliphatic heterocycles. The van der Waals surface area contributed by atoms with E-state index in [1.54, 1.807) is 0 Å². The second-order valence-electron chi connectivity index (χ2n) is 6.36. The lowest BCUT2D eigenvalue weighted by Gasteiger charge is -2.16. The van der Waals surface area contributed by atoms with Gasteiger partial charge in [0.1, 0.15) is 11.5 Å². The van der Waals surface area contributed by atoms with Crippen LogP contribution in [0.4, 0.5) is 17.6 Å². The molecule has 1 aromatic rings. The van der Waals surface area contributed by atoms with E-state index < -0.39 is 22.2 Å². The molecule has 2 rings (SSSR count). The third-order valence-corrected chi connectivity index (χ3v) is 6.03. The van der Waals surface area contributed by atoms with Crippen molar-refractivity contribution in [1.29, 1.82) is 0 Å². The molecule has 2 heterocycles. The van der Waals surface area contributed by atoms with Crippen LogP contribution in [0.3, 0.4) is 0 Å². The molecule has 0 aliphatic carbocycles. The Kier molecular flexibility index (Phi) is 9.99. The first-order valence-corrected chi connectivity index (χ1v) is 10.4. The predicted octanol–water partition coefficient (Wildman–Crippen LogP) is 0.662. The average molecular weight is 486 g/mol. The smallest absolute Gasteiger partial charge is 0.475 e. The van der Waals surface area contributed by atoms with Gasteiger partial charge in [0, 0.05) is 38.3 Å². The third-order valence-electron chi connectivity index (χ3n) is 4.18. The number of carbonyl (C=O) groups is 2. The van der Waals surface area contributed by atoms with Crippen molar-refractivity contribution in [3.63, 3.8) is 0 Å². The predicted molar refractivity (Wildman–Crippen MR) is 103 cm³/mol. The van der Waals surface area contributed by atoms with E-state index in [2.05, 4.69) is 10.3 Å². The maximum absolute atomic E-state index is 12.6. The summed E-state index contributed by atoms with van der Waals surface area (Å²) >= 11 is 0. The van der Waals surface area contributed by atoms with E-state index in [0.29, 0.717) is 12.8 Å². The second-order valence-corrected chi connectivity index (χ2v) is 8.30. The monoisotopic (exact) mass is 486 g/mol. The van der Waals surface area contributed by atoms with Crippen LogP contribution in [0.15, 0.2) is 35.1 Å². The fourth-order valence-corrected chi connectivity index (χ4v) is 3.87. The number of halogens is 4. The van der Waals surface area contributed by atoms with Crippen LogP contribution in [-0.2, 0) is 19.6 Å². The minimum atomic E-state index is -5.08. The zero-order chi connectivity index (χ0) is 24.5. The summed E-state index contributed by atoms with van der Waals surface area (Å²) in [6.45, 7) is 0.373. The molecule has 0 radical (unpaired) electrons. The van der Waals surface area contributed by atoms with Gasteiger partial charge in [0.25, 0.3) is 0 Å². The number of alkyl halides is 3. The van der Waals surface area contributed by atoms with Crippen LogP contribution < -0.4 is 15.8 Å². The molecule has 10 nitrogen and oxygen atoms in total. The number of hydrogen-bond donors (Lipinski definition) is 3. The van der Waals surface area contributed by atoms with Gasteiger partial charge in [0.15, 0.2) is 0 Å². The van der Waals surface area contributed by atoms with Gasteiger partial charge in [-0.15, -0.1) is 0 Å². The summed E-state index contributed by atoms with van der Waals surface area (Å²) in [5.74, 6) is -3.11. The second kappa shape index (κ2) is 11.7. The topological polar surface area (TPSA) is 152 Å². The Hall–Kier alpha value is -2.78. The van der Waals surface area contributed by atoms with Crippen LogP contribution in [0.5, 0.6) is 5.88 Å². The Morgan fingerprint density at radius 3 is 2.47 bits per heavy atom. The minimum Gasteiger partial charge on any atom is -0.475 e. The van der Waals surface area contributed by atoms with Crippen molar-refractivity contribution >= 4 is 21.9 Å². The van der Waals surface area contributed by atoms with Crippen LogP contribution in [0.25, 0.3) is 0 Å². The van der Waals surface area contributed by atoms with Gasteiger partial charge < -0.3 is 20.9 Å². The highest BCUT2D eigenvalue weighted by Crippen LogP contribution is 2.25. The lowest BCUT2D eigenvalue weighted by Crippen LogP contribution is -2.33. The quantitative estimate of drug-likeness (QED) is 0.476. The summed E-state index contributed by atoms with van der Waals surface area (Å²) < 4.78 is 75.9. The van der Waals surface area contributed by atoms with Gasteiger partial charge in [-0.05, 0) is 12.5 Å². The molecular weight excluding hydrogens is 464 g/mol. The number of hydrogen-bond acceptors (Lipinski definition) is 7. The first-order valence-electron chi connectivity index (χ1n) is 8.95. The van der Waals surface area contributed by atoms with Gasteiger partial charge >= 0.3 is 12.1 Å². The number of nitrogens with zero attached hydrogens (tertiary/aromatic N) is 2. The number of carbonyl (C=O) groups excluding carboxylic acids is 1. The fraction of sp³-hybridized carbons (Fsp3) is 0.471. The number of nitrogens with two attached hydrogens (primary N) is 1. The Morgan fingerprint density at radius 1 is 1.41 bits per heavy atom. The molecule has 1 aliphatic rings. The van der Waals surface area contributed by atoms with E-state index in [1.807, 2.05) is 0 Å². The van der Waals surface area contributed by atoms with Crippen molar-refractivity contribution < 1.29 is 45.4 Å². The van der Waals surface area contributed by atoms with Gasteiger partial charge in [-0.1, -0.05) is 0 Å². The van der Waals surface area contributed by atoms with Crippen molar-refractivity contribution in [3.8, 4) is 5.88 Å². The molecular formula is C17H22F4N4O6S. The van der Waals surface area contributed by atoms with E-state index in [-0.39, 0.29) is 54.4 Å². The zero-order valence-electron chi connectivity index (χ0n) is 16.8. The van der Waals surface area contributed by atoms with Crippen LogP contribution in [-0.4, -0.2) is 74.2 Å². The number of aliphatic carboxylic acids is 1. The molecule has 1 amide bonds. The zero-order valence-corrected chi connectivity index (χ0v) is 17.6. The molecule has 0 aromatic carbocycles. The van der Waals surface area contributed by atoms with Gasteiger partial charge in [-0.25, -0.2) is 22.6 Å². The number of sulfonamides is 1. The highest BCUT2D eigenvalue weighted by atomic mass is 32.2. The fourth-order valence-electron chi connectivity index (χ4n) is 2.42. The minimum absolute atomic E-state index is 0.0116. The average Bonchev–Trinajstić information content (AvgIpc) is 3.25. The summed E-state index contributed by atoms with van der Waals surface area (Å²) in [6.07, 6.45) is -3.06. The molecule has 15 heteroatoms. The number of pyridine rings is 1. The van der Waals surface area contributed by atoms with Gasteiger partial charge in [-0.3, -0.25) is 4.79 Å². The maximum Gasteiger partial charge on any atom is 0.490 e. The number of rotatable bonds is 7. The van der Waals surface area contributed by atoms with Gasteiger partial charge in [-0.2, -0.15) is 17.5 Å². The van der Waals surface area contributed by atoms with Crippen LogP contribution in [0, 0.1) is 5.92 Å². The van der Waals surface area contributed by atoms with Crippen molar-refractivity contribution in [2.45, 2.75) is 17.5 Å². The van der Waals surface area contributed by atoms with E-state index in [1.165, 1.54) is 29.7 Å². The third kappa shape index (κ3) is 7.72. The summed E-state index contributed by atoms with van der Waals surface area (Å²) in [5.41, 5.74) is 5.58. The number of amides is 1. The van der Waals surface area contributed by atoms with Crippen molar-refractivity contribution in [2.75, 3.05) is 33.3 Å². The number of carboxylic acids is 1. The van der Waals surface area contributed by atoms with E-state index >= 15 is 0 Å². The highest BCUT2D eigenvalue weighted by molar-refractivity contribution is 7.89. The number of ether oxygens (including phenoxy) is 1. The summed E-state index contributed by atoms with van der Waals surface area (Å²) in [5, 5.41) is 9.65. The van der Waals surface area contributed by atoms with Crippen LogP contribution in [0.2, 0.25) is 0 Å². The number of carboxylic acid groups (broad SMARTS) is 1. The van der Waals surface area contributed by atoms with Crippen molar-refractivity contribution in [3.05, 3.63) is 30.2 Å². The van der Waals surface area contributed by atoms with E-state index in [0.717, 1.165) is 0 Å². The van der Waals surface area contributed by atoms with E-state index in [4.69, 9.17) is 20.4 Å². The summed E-state index contributed by atoms with van der Waals surface area (Å²) in [6, 6.07) is 2.76. The van der Waals surface area contributed by atoms with Crippen LogP contribution >= 0.6 is 0 Å². The number of aromatic nitrogens is 1. The normalized spacial score (nSPS) is 17.3. The molecule has 1 aromatic heterocycles. The van der Waals surface area contributed by atoms with Crippen molar-refractivity contribution in [1.82, 2.24) is 14.6 Å². The molecule has 1 saturated heterocycles. The van der Waals surface area contributed by atoms with Gasteiger partial charge in [0.05, 0.1) is 18.4 Å². The first-order chi connectivity index (χ1) is 14.9. The first kappa shape index (κ1) is 27.3. The van der Waals surface area contributed by atoms with E-state index in [9.17, 15) is 30.8 Å². The molecule has 180 valence electrons. The Balaban J connectivity index is 0.000000633. The molecule has 0 bridgehead atoms. The SMILES string of the molecule is CNC(=O)[C@@H]1CCN(S(=O)(=O)c2ccc(OC/C(=C/F)CN)nc2)C1.O=C(O)C(F)(F)F. The molecule has 0 spiro atoms. The standard InChI is InChI=1S/C15H21FN4O4S.C2HF3O2/c1-18-15(21)12-4-5-20(9-12)25(22,23)13-2-3-14(19-8-13)24-10-11(6-16)7-17;3-2(4,5)1(6)7/h2-3,6,8,12H,4-5,7,9-10,17H2,1H3,(H,18,21);(H,6,7)/b11-6+;/t12-;/m1./s1. The lowest BCUT2D eigenvalue weighted by molar-refractivity contribution is -0.192. The van der Waals surface area contributed by atoms with Crippen molar-refractivity contribution in [2.24, 2.45) is 11.7 Å². The summed E-state index contributed by atoms with van der Waals surface area (Å²) in [7, 11) is -2.20. The summed E-state index contributed by atoms with van der Waals surface area (Å²) in [4.78, 5) is 24.5. The molecule has 1 fully saturated rings. The molecule has 0 saturated carbocycles. The largest absolute Gasteiger partial charge is 0.490 e. The molecule has 1 atom stereocenters. The molecule has 0 unspecified atom stereocenters. The van der Waals surface area contributed by atoms with Crippen LogP contribution in [0.1, 0.15) is 6.42 Å². The maximum atomic E-state index is 12.6. The highest BCUT2D eigenvalue weighted by Gasteiger charge is 2.38.